The molecule has 4 rings (SSSR count). The Morgan fingerprint density at radius 2 is 2.07 bits per heavy atom. The van der Waals surface area contributed by atoms with Crippen molar-refractivity contribution < 1.29 is 18.4 Å². The average molecular weight is 417 g/mol. The first kappa shape index (κ1) is 19.1. The van der Waals surface area contributed by atoms with Crippen LogP contribution in [0.3, 0.4) is 0 Å². The van der Waals surface area contributed by atoms with Crippen LogP contribution < -0.4 is 10.2 Å². The van der Waals surface area contributed by atoms with Gasteiger partial charge in [0, 0.05) is 30.7 Å². The van der Waals surface area contributed by atoms with Crippen LogP contribution in [-0.4, -0.2) is 27.9 Å². The van der Waals surface area contributed by atoms with Gasteiger partial charge in [-0.15, -0.1) is 0 Å². The summed E-state index contributed by atoms with van der Waals surface area (Å²) in [5.74, 6) is -2.30. The van der Waals surface area contributed by atoms with Crippen molar-refractivity contribution in [1.82, 2.24) is 9.55 Å². The van der Waals surface area contributed by atoms with Crippen LogP contribution >= 0.6 is 11.6 Å². The van der Waals surface area contributed by atoms with E-state index >= 15 is 0 Å². The highest BCUT2D eigenvalue weighted by Gasteiger charge is 2.35. The van der Waals surface area contributed by atoms with E-state index in [4.69, 9.17) is 11.6 Å². The first-order valence-corrected chi connectivity index (χ1v) is 9.13. The normalized spacial score (nSPS) is 15.9. The number of nitrogens with one attached hydrogen (secondary N) is 1. The summed E-state index contributed by atoms with van der Waals surface area (Å²) in [6.45, 7) is 1.90. The molecule has 2 aromatic heterocycles. The van der Waals surface area contributed by atoms with Crippen molar-refractivity contribution in [3.05, 3.63) is 76.8 Å². The SMILES string of the molecule is C[C@H]1CN(c2ccc(F)c(Cl)c2)C(=O)c2c(NC(=O)c3cccnc3)cc(F)n21. The molecule has 0 saturated heterocycles. The van der Waals surface area contributed by atoms with Crippen LogP contribution in [0.5, 0.6) is 0 Å². The van der Waals surface area contributed by atoms with Crippen LogP contribution in [0.15, 0.2) is 48.8 Å². The van der Waals surface area contributed by atoms with Gasteiger partial charge in [0.05, 0.1) is 22.3 Å². The van der Waals surface area contributed by atoms with Crippen LogP contribution in [0.4, 0.5) is 20.2 Å². The summed E-state index contributed by atoms with van der Waals surface area (Å²) in [7, 11) is 0. The third-order valence-corrected chi connectivity index (χ3v) is 5.00. The molecule has 9 heteroatoms. The standard InChI is InChI=1S/C20H15ClF2N4O2/c1-11-10-26(13-4-5-15(22)14(21)7-13)20(29)18-16(8-17(23)27(11)18)25-19(28)12-3-2-6-24-9-12/h2-9,11H,10H2,1H3,(H,25,28)/t11-/m0/s1. The summed E-state index contributed by atoms with van der Waals surface area (Å²) in [5, 5.41) is 2.45. The monoisotopic (exact) mass is 416 g/mol. The Morgan fingerprint density at radius 3 is 2.76 bits per heavy atom. The summed E-state index contributed by atoms with van der Waals surface area (Å²) in [4.78, 5) is 30.9. The highest BCUT2D eigenvalue weighted by atomic mass is 35.5. The number of fused-ring (bicyclic) bond motifs is 1. The minimum atomic E-state index is -0.640. The molecule has 0 radical (unpaired) electrons. The molecule has 3 aromatic rings. The number of hydrogen-bond donors (Lipinski definition) is 1. The molecule has 1 aliphatic rings. The van der Waals surface area contributed by atoms with Gasteiger partial charge >= 0.3 is 0 Å². The topological polar surface area (TPSA) is 67.2 Å². The Bertz CT molecular complexity index is 1120. The lowest BCUT2D eigenvalue weighted by molar-refractivity contribution is 0.0954. The van der Waals surface area contributed by atoms with Gasteiger partial charge in [0.15, 0.2) is 5.95 Å². The van der Waals surface area contributed by atoms with Crippen LogP contribution in [0.2, 0.25) is 5.02 Å². The van der Waals surface area contributed by atoms with Crippen molar-refractivity contribution in [1.29, 1.82) is 0 Å². The Kier molecular flexibility index (Phi) is 4.79. The van der Waals surface area contributed by atoms with E-state index in [0.29, 0.717) is 5.69 Å². The van der Waals surface area contributed by atoms with E-state index in [0.717, 1.165) is 12.1 Å². The van der Waals surface area contributed by atoms with Crippen molar-refractivity contribution in [2.45, 2.75) is 13.0 Å². The molecule has 148 valence electrons. The van der Waals surface area contributed by atoms with Crippen LogP contribution in [-0.2, 0) is 0 Å². The molecule has 0 fully saturated rings. The predicted molar refractivity (Wildman–Crippen MR) is 104 cm³/mol. The lowest BCUT2D eigenvalue weighted by Crippen LogP contribution is -2.43. The second-order valence-electron chi connectivity index (χ2n) is 6.66. The smallest absolute Gasteiger partial charge is 0.277 e. The number of amides is 2. The largest absolute Gasteiger partial charge is 0.320 e. The fourth-order valence-corrected chi connectivity index (χ4v) is 3.54. The molecule has 0 unspecified atom stereocenters. The van der Waals surface area contributed by atoms with Gasteiger partial charge in [-0.3, -0.25) is 14.6 Å². The second-order valence-corrected chi connectivity index (χ2v) is 7.07. The van der Waals surface area contributed by atoms with Crippen LogP contribution in [0, 0.1) is 11.8 Å². The van der Waals surface area contributed by atoms with Gasteiger partial charge in [-0.2, -0.15) is 4.39 Å². The molecule has 0 aliphatic carbocycles. The fourth-order valence-electron chi connectivity index (χ4n) is 3.36. The summed E-state index contributed by atoms with van der Waals surface area (Å²) in [6, 6.07) is 7.76. The molecule has 2 amide bonds. The molecular formula is C20H15ClF2N4O2. The number of anilines is 2. The lowest BCUT2D eigenvalue weighted by atomic mass is 10.1. The number of hydrogen-bond acceptors (Lipinski definition) is 3. The molecule has 1 aliphatic heterocycles. The lowest BCUT2D eigenvalue weighted by Gasteiger charge is -2.33. The molecule has 0 saturated carbocycles. The summed E-state index contributed by atoms with van der Waals surface area (Å²) in [6.07, 6.45) is 2.89. The van der Waals surface area contributed by atoms with Gasteiger partial charge < -0.3 is 14.8 Å². The Morgan fingerprint density at radius 1 is 1.28 bits per heavy atom. The average Bonchev–Trinajstić information content (AvgIpc) is 3.04. The van der Waals surface area contributed by atoms with Gasteiger partial charge in [-0.25, -0.2) is 4.39 Å². The zero-order valence-electron chi connectivity index (χ0n) is 15.2. The third-order valence-electron chi connectivity index (χ3n) is 4.71. The van der Waals surface area contributed by atoms with E-state index < -0.39 is 29.6 Å². The number of rotatable bonds is 3. The molecule has 1 N–H and O–H groups in total. The Labute approximate surface area is 169 Å². The molecule has 1 aromatic carbocycles. The third kappa shape index (κ3) is 3.36. The highest BCUT2D eigenvalue weighted by molar-refractivity contribution is 6.31. The number of carbonyl (C=O) groups excluding carboxylic acids is 2. The predicted octanol–water partition coefficient (Wildman–Crippen LogP) is 4.29. The summed E-state index contributed by atoms with van der Waals surface area (Å²) >= 11 is 5.85. The summed E-state index contributed by atoms with van der Waals surface area (Å²) in [5.41, 5.74) is 0.696. The van der Waals surface area contributed by atoms with Crippen LogP contribution in [0.25, 0.3) is 0 Å². The number of carbonyl (C=O) groups is 2. The number of benzene rings is 1. The van der Waals surface area contributed by atoms with Gasteiger partial charge in [-0.05, 0) is 37.3 Å². The van der Waals surface area contributed by atoms with Gasteiger partial charge in [0.1, 0.15) is 11.5 Å². The van der Waals surface area contributed by atoms with Gasteiger partial charge in [-0.1, -0.05) is 11.6 Å². The second kappa shape index (κ2) is 7.29. The van der Waals surface area contributed by atoms with E-state index in [-0.39, 0.29) is 28.5 Å². The first-order valence-electron chi connectivity index (χ1n) is 8.76. The maximum absolute atomic E-state index is 14.6. The minimum absolute atomic E-state index is 0.000984. The van der Waals surface area contributed by atoms with Gasteiger partial charge in [0.25, 0.3) is 11.8 Å². The van der Waals surface area contributed by atoms with Crippen LogP contribution in [0.1, 0.15) is 33.8 Å². The zero-order valence-corrected chi connectivity index (χ0v) is 16.0. The highest BCUT2D eigenvalue weighted by Crippen LogP contribution is 2.34. The molecule has 3 heterocycles. The molecule has 29 heavy (non-hydrogen) atoms. The van der Waals surface area contributed by atoms with E-state index in [9.17, 15) is 18.4 Å². The quantitative estimate of drug-likeness (QED) is 0.692. The first-order chi connectivity index (χ1) is 13.9. The Balaban J connectivity index is 1.72. The molecule has 1 atom stereocenters. The van der Waals surface area contributed by atoms with Crippen molar-refractivity contribution in [2.24, 2.45) is 0 Å². The maximum atomic E-state index is 14.6. The van der Waals surface area contributed by atoms with E-state index in [1.807, 2.05) is 0 Å². The minimum Gasteiger partial charge on any atom is -0.320 e. The summed E-state index contributed by atoms with van der Waals surface area (Å²) < 4.78 is 29.3. The zero-order chi connectivity index (χ0) is 20.7. The van der Waals surface area contributed by atoms with Crippen molar-refractivity contribution in [3.63, 3.8) is 0 Å². The fraction of sp³-hybridized carbons (Fsp3) is 0.150. The molecule has 6 nitrogen and oxygen atoms in total. The number of nitrogens with zero attached hydrogens (tertiary/aromatic N) is 3. The molecule has 0 bridgehead atoms. The molecular weight excluding hydrogens is 402 g/mol. The number of pyridine rings is 1. The van der Waals surface area contributed by atoms with Crippen molar-refractivity contribution in [3.8, 4) is 0 Å². The van der Waals surface area contributed by atoms with E-state index in [2.05, 4.69) is 10.3 Å². The van der Waals surface area contributed by atoms with E-state index in [1.54, 1.807) is 19.1 Å². The Hall–Kier alpha value is -3.26. The maximum Gasteiger partial charge on any atom is 0.277 e. The number of aromatic nitrogens is 2. The van der Waals surface area contributed by atoms with Crippen molar-refractivity contribution in [2.75, 3.05) is 16.8 Å². The van der Waals surface area contributed by atoms with Crippen molar-refractivity contribution >= 4 is 34.8 Å². The van der Waals surface area contributed by atoms with Gasteiger partial charge in [0.2, 0.25) is 0 Å². The molecule has 0 spiro atoms. The number of halogens is 3. The van der Waals surface area contributed by atoms with E-state index in [1.165, 1.54) is 34.0 Å².